The summed E-state index contributed by atoms with van der Waals surface area (Å²) in [4.78, 5) is 12.1. The fraction of sp³-hybridized carbons (Fsp3) is 0.316. The van der Waals surface area contributed by atoms with E-state index in [1.165, 1.54) is 0 Å². The van der Waals surface area contributed by atoms with Gasteiger partial charge >= 0.3 is 0 Å². The van der Waals surface area contributed by atoms with Gasteiger partial charge in [-0.05, 0) is 62.1 Å². The van der Waals surface area contributed by atoms with Crippen LogP contribution in [0.15, 0.2) is 36.4 Å². The Morgan fingerprint density at radius 1 is 1.17 bits per heavy atom. The van der Waals surface area contributed by atoms with E-state index in [0.29, 0.717) is 30.9 Å². The van der Waals surface area contributed by atoms with Gasteiger partial charge in [-0.3, -0.25) is 4.79 Å². The summed E-state index contributed by atoms with van der Waals surface area (Å²) < 4.78 is 5.42. The smallest absolute Gasteiger partial charge is 0.224 e. The van der Waals surface area contributed by atoms with Crippen molar-refractivity contribution in [2.75, 3.05) is 17.7 Å². The molecule has 0 fully saturated rings. The summed E-state index contributed by atoms with van der Waals surface area (Å²) in [5.41, 5.74) is 10.7. The lowest BCUT2D eigenvalue weighted by molar-refractivity contribution is -0.116. The van der Waals surface area contributed by atoms with Gasteiger partial charge in [0.1, 0.15) is 5.75 Å². The highest BCUT2D eigenvalue weighted by Crippen LogP contribution is 2.23. The number of carbonyl (C=O) groups is 1. The molecule has 0 unspecified atom stereocenters. The number of nitrogens with one attached hydrogen (secondary N) is 1. The third kappa shape index (κ3) is 4.74. The third-order valence-corrected chi connectivity index (χ3v) is 3.68. The Hall–Kier alpha value is -2.49. The molecule has 23 heavy (non-hydrogen) atoms. The number of hydrogen-bond acceptors (Lipinski definition) is 3. The van der Waals surface area contributed by atoms with Gasteiger partial charge in [0.2, 0.25) is 5.91 Å². The number of hydrogen-bond donors (Lipinski definition) is 2. The van der Waals surface area contributed by atoms with Crippen LogP contribution in [0.2, 0.25) is 0 Å². The molecule has 122 valence electrons. The number of carbonyl (C=O) groups excluding carboxylic acids is 1. The van der Waals surface area contributed by atoms with Crippen molar-refractivity contribution in [1.82, 2.24) is 0 Å². The van der Waals surface area contributed by atoms with Crippen molar-refractivity contribution in [3.63, 3.8) is 0 Å². The number of rotatable bonds is 6. The lowest BCUT2D eigenvalue weighted by Crippen LogP contribution is -2.13. The van der Waals surface area contributed by atoms with Gasteiger partial charge in [-0.15, -0.1) is 0 Å². The van der Waals surface area contributed by atoms with Gasteiger partial charge < -0.3 is 15.8 Å². The highest BCUT2D eigenvalue weighted by Gasteiger charge is 2.07. The van der Waals surface area contributed by atoms with Gasteiger partial charge in [0.05, 0.1) is 12.3 Å². The maximum absolute atomic E-state index is 12.1. The summed E-state index contributed by atoms with van der Waals surface area (Å²) in [6.45, 7) is 6.51. The number of nitrogens with two attached hydrogens (primary N) is 1. The van der Waals surface area contributed by atoms with Gasteiger partial charge in [-0.25, -0.2) is 0 Å². The first kappa shape index (κ1) is 16.9. The van der Waals surface area contributed by atoms with E-state index in [0.717, 1.165) is 22.4 Å². The van der Waals surface area contributed by atoms with Crippen molar-refractivity contribution in [3.8, 4) is 5.75 Å². The van der Waals surface area contributed by atoms with E-state index in [9.17, 15) is 4.79 Å². The summed E-state index contributed by atoms with van der Waals surface area (Å²) in [6.07, 6.45) is 1.06. The predicted octanol–water partition coefficient (Wildman–Crippen LogP) is 3.86. The van der Waals surface area contributed by atoms with E-state index in [4.69, 9.17) is 10.5 Å². The van der Waals surface area contributed by atoms with Crippen molar-refractivity contribution in [2.24, 2.45) is 0 Å². The molecule has 4 heteroatoms. The normalized spacial score (nSPS) is 10.4. The molecular weight excluding hydrogens is 288 g/mol. The number of benzene rings is 2. The van der Waals surface area contributed by atoms with Crippen LogP contribution in [0, 0.1) is 13.8 Å². The first-order valence-corrected chi connectivity index (χ1v) is 7.88. The number of aryl methyl sites for hydroxylation is 3. The largest absolute Gasteiger partial charge is 0.492 e. The predicted molar refractivity (Wildman–Crippen MR) is 94.9 cm³/mol. The van der Waals surface area contributed by atoms with Crippen molar-refractivity contribution < 1.29 is 9.53 Å². The van der Waals surface area contributed by atoms with Crippen LogP contribution in [0.25, 0.3) is 0 Å². The maximum Gasteiger partial charge on any atom is 0.224 e. The molecule has 2 aromatic rings. The summed E-state index contributed by atoms with van der Waals surface area (Å²) in [5, 5.41) is 2.97. The van der Waals surface area contributed by atoms with Crippen molar-refractivity contribution >= 4 is 17.3 Å². The summed E-state index contributed by atoms with van der Waals surface area (Å²) in [6, 6.07) is 11.7. The van der Waals surface area contributed by atoms with Gasteiger partial charge in [0.25, 0.3) is 0 Å². The molecular formula is C19H24N2O2. The van der Waals surface area contributed by atoms with Crippen LogP contribution < -0.4 is 15.8 Å². The summed E-state index contributed by atoms with van der Waals surface area (Å²) in [7, 11) is 0. The van der Waals surface area contributed by atoms with Crippen LogP contribution in [-0.4, -0.2) is 12.5 Å². The molecule has 3 N–H and O–H groups in total. The molecule has 0 spiro atoms. The van der Waals surface area contributed by atoms with Crippen LogP contribution in [0.1, 0.15) is 30.0 Å². The quantitative estimate of drug-likeness (QED) is 0.796. The second-order valence-corrected chi connectivity index (χ2v) is 5.67. The zero-order valence-electron chi connectivity index (χ0n) is 14.0. The number of amides is 1. The molecule has 0 saturated heterocycles. The highest BCUT2D eigenvalue weighted by molar-refractivity contribution is 5.91. The molecule has 0 aliphatic carbocycles. The van der Waals surface area contributed by atoms with E-state index < -0.39 is 0 Å². The molecule has 0 saturated carbocycles. The average molecular weight is 312 g/mol. The Bertz CT molecular complexity index is 696. The molecule has 0 aliphatic heterocycles. The molecule has 2 rings (SSSR count). The maximum atomic E-state index is 12.1. The Morgan fingerprint density at radius 2 is 1.96 bits per heavy atom. The minimum absolute atomic E-state index is 0.00570. The molecule has 0 heterocycles. The zero-order valence-corrected chi connectivity index (χ0v) is 14.0. The van der Waals surface area contributed by atoms with Gasteiger partial charge in [0, 0.05) is 12.1 Å². The van der Waals surface area contributed by atoms with Crippen LogP contribution in [0.4, 0.5) is 11.4 Å². The van der Waals surface area contributed by atoms with Crippen LogP contribution in [0.3, 0.4) is 0 Å². The Balaban J connectivity index is 1.94. The number of ether oxygens (including phenoxy) is 1. The van der Waals surface area contributed by atoms with Gasteiger partial charge in [-0.2, -0.15) is 0 Å². The fourth-order valence-corrected chi connectivity index (χ4v) is 2.38. The molecule has 1 amide bonds. The minimum Gasteiger partial charge on any atom is -0.492 e. The van der Waals surface area contributed by atoms with Crippen LogP contribution >= 0.6 is 0 Å². The Morgan fingerprint density at radius 3 is 2.65 bits per heavy atom. The van der Waals surface area contributed by atoms with E-state index in [1.807, 2.05) is 57.2 Å². The van der Waals surface area contributed by atoms with Crippen LogP contribution in [0.5, 0.6) is 5.75 Å². The number of nitrogen functional groups attached to an aromatic ring is 1. The van der Waals surface area contributed by atoms with E-state index in [1.54, 1.807) is 0 Å². The minimum atomic E-state index is 0.00570. The Kier molecular flexibility index (Phi) is 5.63. The second kappa shape index (κ2) is 7.68. The van der Waals surface area contributed by atoms with Crippen molar-refractivity contribution in [2.45, 2.75) is 33.6 Å². The molecule has 0 radical (unpaired) electrons. The summed E-state index contributed by atoms with van der Waals surface area (Å²) >= 11 is 0. The standard InChI is InChI=1S/C19H24N2O2/c1-4-23-18-9-7-15(12-16(18)20)8-10-19(22)21-17-11-13(2)5-6-14(17)3/h5-7,9,11-12H,4,8,10,20H2,1-3H3,(H,21,22). The van der Waals surface area contributed by atoms with E-state index >= 15 is 0 Å². The lowest BCUT2D eigenvalue weighted by atomic mass is 10.1. The van der Waals surface area contributed by atoms with E-state index in [2.05, 4.69) is 5.32 Å². The SMILES string of the molecule is CCOc1ccc(CCC(=O)Nc2cc(C)ccc2C)cc1N. The molecule has 2 aromatic carbocycles. The Labute approximate surface area is 137 Å². The zero-order chi connectivity index (χ0) is 16.8. The van der Waals surface area contributed by atoms with Crippen molar-refractivity contribution in [3.05, 3.63) is 53.1 Å². The second-order valence-electron chi connectivity index (χ2n) is 5.67. The van der Waals surface area contributed by atoms with Gasteiger partial charge in [-0.1, -0.05) is 18.2 Å². The monoisotopic (exact) mass is 312 g/mol. The van der Waals surface area contributed by atoms with Crippen molar-refractivity contribution in [1.29, 1.82) is 0 Å². The topological polar surface area (TPSA) is 64.3 Å². The first-order valence-electron chi connectivity index (χ1n) is 7.88. The molecule has 0 aliphatic rings. The highest BCUT2D eigenvalue weighted by atomic mass is 16.5. The molecule has 0 atom stereocenters. The average Bonchev–Trinajstić information content (AvgIpc) is 2.51. The molecule has 0 bridgehead atoms. The number of anilines is 2. The third-order valence-electron chi connectivity index (χ3n) is 3.68. The molecule has 4 nitrogen and oxygen atoms in total. The molecule has 0 aromatic heterocycles. The fourth-order valence-electron chi connectivity index (χ4n) is 2.38. The van der Waals surface area contributed by atoms with Gasteiger partial charge in [0.15, 0.2) is 0 Å². The lowest BCUT2D eigenvalue weighted by Gasteiger charge is -2.11. The summed E-state index contributed by atoms with van der Waals surface area (Å²) in [5.74, 6) is 0.697. The van der Waals surface area contributed by atoms with E-state index in [-0.39, 0.29) is 5.91 Å². The van der Waals surface area contributed by atoms with Crippen LogP contribution in [-0.2, 0) is 11.2 Å². The first-order chi connectivity index (χ1) is 11.0.